The zero-order chi connectivity index (χ0) is 16.8. The minimum absolute atomic E-state index is 0.0573. The van der Waals surface area contributed by atoms with Crippen molar-refractivity contribution in [3.8, 4) is 0 Å². The van der Waals surface area contributed by atoms with Gasteiger partial charge in [-0.05, 0) is 20.8 Å². The monoisotopic (exact) mass is 343 g/mol. The van der Waals surface area contributed by atoms with E-state index >= 15 is 0 Å². The van der Waals surface area contributed by atoms with Crippen LogP contribution in [-0.2, 0) is 10.0 Å². The molecule has 3 heterocycles. The van der Waals surface area contributed by atoms with Gasteiger partial charge in [0.2, 0.25) is 10.0 Å². The summed E-state index contributed by atoms with van der Waals surface area (Å²) in [4.78, 5) is 4.28. The largest absolute Gasteiger partial charge is 0.360 e. The SMILES string of the molecule is Cc1nc([C@@H]2CN(S(=O)(=O)c3c(C)noc3C)C[C@H]2CF)n[nH]1. The van der Waals surface area contributed by atoms with Crippen LogP contribution >= 0.6 is 0 Å². The van der Waals surface area contributed by atoms with E-state index in [-0.39, 0.29) is 29.7 Å². The van der Waals surface area contributed by atoms with Crippen LogP contribution in [0, 0.1) is 26.7 Å². The summed E-state index contributed by atoms with van der Waals surface area (Å²) < 4.78 is 45.3. The number of hydrogen-bond acceptors (Lipinski definition) is 6. The molecule has 0 spiro atoms. The Hall–Kier alpha value is -1.81. The highest BCUT2D eigenvalue weighted by Crippen LogP contribution is 2.35. The van der Waals surface area contributed by atoms with Crippen LogP contribution < -0.4 is 0 Å². The molecule has 0 radical (unpaired) electrons. The van der Waals surface area contributed by atoms with Crippen molar-refractivity contribution in [1.29, 1.82) is 0 Å². The van der Waals surface area contributed by atoms with E-state index in [1.54, 1.807) is 20.8 Å². The van der Waals surface area contributed by atoms with Crippen molar-refractivity contribution in [3.63, 3.8) is 0 Å². The van der Waals surface area contributed by atoms with Gasteiger partial charge in [-0.15, -0.1) is 0 Å². The molecule has 2 atom stereocenters. The smallest absolute Gasteiger partial charge is 0.248 e. The Morgan fingerprint density at radius 2 is 2.09 bits per heavy atom. The fraction of sp³-hybridized carbons (Fsp3) is 0.615. The molecule has 0 saturated carbocycles. The molecule has 1 aliphatic rings. The Bertz CT molecular complexity index is 796. The van der Waals surface area contributed by atoms with Gasteiger partial charge in [0.05, 0.1) is 6.67 Å². The van der Waals surface area contributed by atoms with E-state index in [2.05, 4.69) is 20.3 Å². The van der Waals surface area contributed by atoms with Crippen LogP contribution in [0.15, 0.2) is 9.42 Å². The molecule has 1 aliphatic heterocycles. The lowest BCUT2D eigenvalue weighted by Crippen LogP contribution is -2.30. The number of nitrogens with one attached hydrogen (secondary N) is 1. The molecular weight excluding hydrogens is 325 g/mol. The Kier molecular flexibility index (Phi) is 3.96. The third-order valence-corrected chi connectivity index (χ3v) is 6.19. The number of sulfonamides is 1. The van der Waals surface area contributed by atoms with Crippen molar-refractivity contribution < 1.29 is 17.3 Å². The van der Waals surface area contributed by atoms with Crippen molar-refractivity contribution in [3.05, 3.63) is 23.1 Å². The lowest BCUT2D eigenvalue weighted by Gasteiger charge is -2.15. The molecule has 23 heavy (non-hydrogen) atoms. The number of H-pyrrole nitrogens is 1. The third-order valence-electron chi connectivity index (χ3n) is 4.12. The molecule has 2 aromatic heterocycles. The Morgan fingerprint density at radius 1 is 1.35 bits per heavy atom. The van der Waals surface area contributed by atoms with Gasteiger partial charge in [0.1, 0.15) is 16.4 Å². The summed E-state index contributed by atoms with van der Waals surface area (Å²) in [5.41, 5.74) is 0.302. The van der Waals surface area contributed by atoms with E-state index in [4.69, 9.17) is 4.52 Å². The Balaban J connectivity index is 1.93. The van der Waals surface area contributed by atoms with Crippen LogP contribution in [0.5, 0.6) is 0 Å². The number of alkyl halides is 1. The molecule has 1 N–H and O–H groups in total. The maximum atomic E-state index is 13.4. The maximum absolute atomic E-state index is 13.4. The average Bonchev–Trinajstić information content (AvgIpc) is 3.17. The molecule has 0 amide bonds. The van der Waals surface area contributed by atoms with Gasteiger partial charge in [0, 0.05) is 24.9 Å². The van der Waals surface area contributed by atoms with Crippen molar-refractivity contribution >= 4 is 10.0 Å². The van der Waals surface area contributed by atoms with E-state index < -0.39 is 22.6 Å². The van der Waals surface area contributed by atoms with Gasteiger partial charge in [-0.3, -0.25) is 9.49 Å². The first kappa shape index (κ1) is 16.1. The Labute approximate surface area is 133 Å². The summed E-state index contributed by atoms with van der Waals surface area (Å²) in [5, 5.41) is 10.5. The predicted octanol–water partition coefficient (Wildman–Crippen LogP) is 1.09. The maximum Gasteiger partial charge on any atom is 0.248 e. The zero-order valence-corrected chi connectivity index (χ0v) is 13.9. The van der Waals surface area contributed by atoms with Crippen LogP contribution in [0.4, 0.5) is 4.39 Å². The van der Waals surface area contributed by atoms with Gasteiger partial charge in [-0.25, -0.2) is 13.4 Å². The molecular formula is C13H18FN5O3S. The van der Waals surface area contributed by atoms with Gasteiger partial charge in [-0.2, -0.15) is 9.40 Å². The first-order valence-electron chi connectivity index (χ1n) is 7.22. The minimum atomic E-state index is -3.79. The number of halogens is 1. The second kappa shape index (κ2) is 5.68. The van der Waals surface area contributed by atoms with Crippen LogP contribution in [-0.4, -0.2) is 52.8 Å². The highest BCUT2D eigenvalue weighted by Gasteiger charge is 2.43. The molecule has 0 aliphatic carbocycles. The minimum Gasteiger partial charge on any atom is -0.360 e. The first-order valence-corrected chi connectivity index (χ1v) is 8.66. The third kappa shape index (κ3) is 2.65. The first-order chi connectivity index (χ1) is 10.8. The molecule has 8 nitrogen and oxygen atoms in total. The van der Waals surface area contributed by atoms with Gasteiger partial charge in [-0.1, -0.05) is 5.16 Å². The zero-order valence-electron chi connectivity index (χ0n) is 13.1. The molecule has 2 aromatic rings. The van der Waals surface area contributed by atoms with Crippen LogP contribution in [0.25, 0.3) is 0 Å². The molecule has 0 unspecified atom stereocenters. The Morgan fingerprint density at radius 3 is 2.61 bits per heavy atom. The van der Waals surface area contributed by atoms with Crippen molar-refractivity contribution in [2.24, 2.45) is 5.92 Å². The van der Waals surface area contributed by atoms with E-state index in [1.807, 2.05) is 0 Å². The number of aromatic nitrogens is 4. The van der Waals surface area contributed by atoms with E-state index in [0.29, 0.717) is 17.3 Å². The van der Waals surface area contributed by atoms with Gasteiger partial charge in [0.25, 0.3) is 0 Å². The quantitative estimate of drug-likeness (QED) is 0.891. The predicted molar refractivity (Wildman–Crippen MR) is 78.1 cm³/mol. The van der Waals surface area contributed by atoms with E-state index in [1.165, 1.54) is 4.31 Å². The summed E-state index contributed by atoms with van der Waals surface area (Å²) in [7, 11) is -3.79. The fourth-order valence-corrected chi connectivity index (χ4v) is 4.79. The molecule has 10 heteroatoms. The highest BCUT2D eigenvalue weighted by molar-refractivity contribution is 7.89. The number of aromatic amines is 1. The average molecular weight is 343 g/mol. The topological polar surface area (TPSA) is 105 Å². The fourth-order valence-electron chi connectivity index (χ4n) is 2.97. The van der Waals surface area contributed by atoms with Crippen molar-refractivity contribution in [1.82, 2.24) is 24.6 Å². The summed E-state index contributed by atoms with van der Waals surface area (Å²) >= 11 is 0. The normalized spacial score (nSPS) is 22.8. The molecule has 126 valence electrons. The second-order valence-corrected chi connectivity index (χ2v) is 7.65. The second-order valence-electron chi connectivity index (χ2n) is 5.78. The molecule has 1 fully saturated rings. The van der Waals surface area contributed by atoms with Crippen LogP contribution in [0.1, 0.15) is 29.0 Å². The standard InChI is InChI=1S/C13H18FN5O3S/c1-7-12(8(2)22-18-7)23(20,21)19-5-10(4-14)11(6-19)13-15-9(3)16-17-13/h10-11H,4-6H2,1-3H3,(H,15,16,17)/t10-,11-/m1/s1. The summed E-state index contributed by atoms with van der Waals surface area (Å²) in [5.74, 6) is 0.448. The number of rotatable bonds is 4. The summed E-state index contributed by atoms with van der Waals surface area (Å²) in [6, 6.07) is 0. The number of hydrogen-bond donors (Lipinski definition) is 1. The lowest BCUT2D eigenvalue weighted by atomic mass is 9.97. The van der Waals surface area contributed by atoms with Crippen LogP contribution in [0.3, 0.4) is 0 Å². The molecule has 1 saturated heterocycles. The molecule has 3 rings (SSSR count). The summed E-state index contributed by atoms with van der Waals surface area (Å²) in [6.07, 6.45) is 0. The number of aryl methyl sites for hydroxylation is 3. The number of nitrogens with zero attached hydrogens (tertiary/aromatic N) is 4. The lowest BCUT2D eigenvalue weighted by molar-refractivity contribution is 0.345. The highest BCUT2D eigenvalue weighted by atomic mass is 32.2. The van der Waals surface area contributed by atoms with E-state index in [0.717, 1.165) is 0 Å². The molecule has 0 aromatic carbocycles. The van der Waals surface area contributed by atoms with Gasteiger partial charge >= 0.3 is 0 Å². The van der Waals surface area contributed by atoms with Gasteiger partial charge in [0.15, 0.2) is 11.6 Å². The van der Waals surface area contributed by atoms with Crippen LogP contribution in [0.2, 0.25) is 0 Å². The summed E-state index contributed by atoms with van der Waals surface area (Å²) in [6.45, 7) is 4.45. The van der Waals surface area contributed by atoms with E-state index in [9.17, 15) is 12.8 Å². The molecule has 0 bridgehead atoms. The van der Waals surface area contributed by atoms with Crippen molar-refractivity contribution in [2.75, 3.05) is 19.8 Å². The van der Waals surface area contributed by atoms with Crippen molar-refractivity contribution in [2.45, 2.75) is 31.6 Å². The van der Waals surface area contributed by atoms with Gasteiger partial charge < -0.3 is 4.52 Å².